The van der Waals surface area contributed by atoms with E-state index in [-0.39, 0.29) is 11.3 Å². The van der Waals surface area contributed by atoms with Crippen LogP contribution in [0, 0.1) is 0 Å². The van der Waals surface area contributed by atoms with Crippen molar-refractivity contribution in [3.05, 3.63) is 53.6 Å². The van der Waals surface area contributed by atoms with Gasteiger partial charge in [0.25, 0.3) is 0 Å². The van der Waals surface area contributed by atoms with Gasteiger partial charge in [0.1, 0.15) is 17.1 Å². The molecule has 2 rings (SSSR count). The number of hydrogen-bond acceptors (Lipinski definition) is 6. The minimum atomic E-state index is -1.16. The van der Waals surface area contributed by atoms with Crippen LogP contribution in [0.25, 0.3) is 0 Å². The highest BCUT2D eigenvalue weighted by Gasteiger charge is 2.14. The van der Waals surface area contributed by atoms with E-state index in [1.54, 1.807) is 30.3 Å². The molecule has 140 valence electrons. The number of hydrogen-bond donors (Lipinski definition) is 3. The smallest absolute Gasteiger partial charge is 0.339 e. The highest BCUT2D eigenvalue weighted by molar-refractivity contribution is 6.39. The van der Waals surface area contributed by atoms with Crippen molar-refractivity contribution in [3.63, 3.8) is 0 Å². The SMILES string of the molecule is COc1cccc(NC(=O)C(=O)N/N=C\c2ccc(OC)c(C(=O)O)c2)c1. The summed E-state index contributed by atoms with van der Waals surface area (Å²) in [4.78, 5) is 34.8. The maximum absolute atomic E-state index is 11.8. The van der Waals surface area contributed by atoms with Gasteiger partial charge in [-0.2, -0.15) is 5.10 Å². The zero-order valence-corrected chi connectivity index (χ0v) is 14.6. The molecule has 0 spiro atoms. The lowest BCUT2D eigenvalue weighted by Gasteiger charge is -2.06. The van der Waals surface area contributed by atoms with Gasteiger partial charge < -0.3 is 19.9 Å². The summed E-state index contributed by atoms with van der Waals surface area (Å²) in [5.74, 6) is -2.34. The van der Waals surface area contributed by atoms with Crippen molar-refractivity contribution < 1.29 is 29.0 Å². The van der Waals surface area contributed by atoms with Crippen LogP contribution in [0.2, 0.25) is 0 Å². The number of carboxylic acid groups (broad SMARTS) is 1. The summed E-state index contributed by atoms with van der Waals surface area (Å²) >= 11 is 0. The highest BCUT2D eigenvalue weighted by atomic mass is 16.5. The maximum atomic E-state index is 11.8. The predicted molar refractivity (Wildman–Crippen MR) is 97.3 cm³/mol. The summed E-state index contributed by atoms with van der Waals surface area (Å²) < 4.78 is 9.98. The van der Waals surface area contributed by atoms with Crippen molar-refractivity contribution in [2.45, 2.75) is 0 Å². The average Bonchev–Trinajstić information content (AvgIpc) is 2.67. The van der Waals surface area contributed by atoms with E-state index >= 15 is 0 Å². The van der Waals surface area contributed by atoms with Crippen molar-refractivity contribution in [2.24, 2.45) is 5.10 Å². The number of nitrogens with one attached hydrogen (secondary N) is 2. The lowest BCUT2D eigenvalue weighted by molar-refractivity contribution is -0.136. The molecule has 0 aromatic heterocycles. The van der Waals surface area contributed by atoms with Gasteiger partial charge in [-0.1, -0.05) is 6.07 Å². The molecular formula is C18H17N3O6. The Hall–Kier alpha value is -3.88. The molecule has 27 heavy (non-hydrogen) atoms. The van der Waals surface area contributed by atoms with Crippen LogP contribution in [-0.2, 0) is 9.59 Å². The Bertz CT molecular complexity index is 894. The first-order chi connectivity index (χ1) is 12.9. The number of methoxy groups -OCH3 is 2. The fourth-order valence-corrected chi connectivity index (χ4v) is 2.08. The largest absolute Gasteiger partial charge is 0.497 e. The first-order valence-electron chi connectivity index (χ1n) is 7.64. The van der Waals surface area contributed by atoms with Crippen LogP contribution in [0.5, 0.6) is 11.5 Å². The van der Waals surface area contributed by atoms with Crippen LogP contribution in [0.15, 0.2) is 47.6 Å². The van der Waals surface area contributed by atoms with Gasteiger partial charge in [-0.05, 0) is 35.9 Å². The highest BCUT2D eigenvalue weighted by Crippen LogP contribution is 2.19. The number of anilines is 1. The minimum Gasteiger partial charge on any atom is -0.497 e. The minimum absolute atomic E-state index is 0.0523. The molecule has 0 saturated carbocycles. The molecule has 2 aromatic rings. The molecule has 9 heteroatoms. The first-order valence-corrected chi connectivity index (χ1v) is 7.64. The molecule has 0 radical (unpaired) electrons. The molecule has 9 nitrogen and oxygen atoms in total. The van der Waals surface area contributed by atoms with E-state index in [9.17, 15) is 14.4 Å². The molecule has 0 aliphatic heterocycles. The molecular weight excluding hydrogens is 354 g/mol. The average molecular weight is 371 g/mol. The number of benzene rings is 2. The van der Waals surface area contributed by atoms with Crippen LogP contribution in [0.3, 0.4) is 0 Å². The third-order valence-corrected chi connectivity index (χ3v) is 3.37. The third kappa shape index (κ3) is 5.30. The fraction of sp³-hybridized carbons (Fsp3) is 0.111. The predicted octanol–water partition coefficient (Wildman–Crippen LogP) is 1.49. The standard InChI is InChI=1S/C18H17N3O6/c1-26-13-5-3-4-12(9-13)20-16(22)17(23)21-19-10-11-6-7-15(27-2)14(8-11)18(24)25/h3-10H,1-2H3,(H,20,22)(H,21,23)(H,24,25)/b19-10-. The van der Waals surface area contributed by atoms with Gasteiger partial charge in [-0.25, -0.2) is 10.2 Å². The number of carbonyl (C=O) groups is 3. The second kappa shape index (κ2) is 8.99. The zero-order valence-electron chi connectivity index (χ0n) is 14.6. The Kier molecular flexibility index (Phi) is 6.48. The quantitative estimate of drug-likeness (QED) is 0.401. The monoisotopic (exact) mass is 371 g/mol. The van der Waals surface area contributed by atoms with Gasteiger partial charge in [-0.15, -0.1) is 0 Å². The van der Waals surface area contributed by atoms with Crippen LogP contribution >= 0.6 is 0 Å². The summed E-state index contributed by atoms with van der Waals surface area (Å²) in [7, 11) is 2.84. The normalized spacial score (nSPS) is 10.3. The number of carbonyl (C=O) groups excluding carboxylic acids is 2. The molecule has 2 amide bonds. The number of carboxylic acids is 1. The molecule has 2 aromatic carbocycles. The van der Waals surface area contributed by atoms with Crippen LogP contribution in [-0.4, -0.2) is 43.3 Å². The van der Waals surface area contributed by atoms with Crippen LogP contribution in [0.1, 0.15) is 15.9 Å². The second-order valence-corrected chi connectivity index (χ2v) is 5.15. The molecule has 0 bridgehead atoms. The number of hydrazone groups is 1. The summed E-state index contributed by atoms with van der Waals surface area (Å²) in [5, 5.41) is 15.2. The Morgan fingerprint density at radius 2 is 1.81 bits per heavy atom. The summed E-state index contributed by atoms with van der Waals surface area (Å²) in [6, 6.07) is 10.8. The summed E-state index contributed by atoms with van der Waals surface area (Å²) in [6.07, 6.45) is 1.21. The van der Waals surface area contributed by atoms with E-state index in [1.807, 2.05) is 0 Å². The molecule has 0 heterocycles. The van der Waals surface area contributed by atoms with Crippen LogP contribution < -0.4 is 20.2 Å². The van der Waals surface area contributed by atoms with E-state index < -0.39 is 17.8 Å². The molecule has 0 saturated heterocycles. The number of ether oxygens (including phenoxy) is 2. The fourth-order valence-electron chi connectivity index (χ4n) is 2.08. The molecule has 0 aliphatic carbocycles. The second-order valence-electron chi connectivity index (χ2n) is 5.15. The maximum Gasteiger partial charge on any atom is 0.339 e. The Morgan fingerprint density at radius 1 is 1.04 bits per heavy atom. The lowest BCUT2D eigenvalue weighted by atomic mass is 10.1. The molecule has 0 atom stereocenters. The summed E-state index contributed by atoms with van der Waals surface area (Å²) in [6.45, 7) is 0. The van der Waals surface area contributed by atoms with Crippen molar-refractivity contribution >= 4 is 29.7 Å². The van der Waals surface area contributed by atoms with E-state index in [4.69, 9.17) is 14.6 Å². The van der Waals surface area contributed by atoms with Gasteiger partial charge in [0.15, 0.2) is 0 Å². The van der Waals surface area contributed by atoms with Gasteiger partial charge in [0.05, 0.1) is 20.4 Å². The van der Waals surface area contributed by atoms with E-state index in [0.29, 0.717) is 17.0 Å². The Morgan fingerprint density at radius 3 is 2.48 bits per heavy atom. The van der Waals surface area contributed by atoms with Crippen molar-refractivity contribution in [2.75, 3.05) is 19.5 Å². The summed E-state index contributed by atoms with van der Waals surface area (Å²) in [5.41, 5.74) is 2.81. The first kappa shape index (κ1) is 19.4. The molecule has 3 N–H and O–H groups in total. The van der Waals surface area contributed by atoms with E-state index in [2.05, 4.69) is 15.8 Å². The number of nitrogens with zero attached hydrogens (tertiary/aromatic N) is 1. The Balaban J connectivity index is 1.98. The molecule has 0 unspecified atom stereocenters. The van der Waals surface area contributed by atoms with E-state index in [0.717, 1.165) is 0 Å². The van der Waals surface area contributed by atoms with Crippen LogP contribution in [0.4, 0.5) is 5.69 Å². The molecule has 0 fully saturated rings. The van der Waals surface area contributed by atoms with Gasteiger partial charge in [0, 0.05) is 11.8 Å². The van der Waals surface area contributed by atoms with Crippen molar-refractivity contribution in [3.8, 4) is 11.5 Å². The van der Waals surface area contributed by atoms with Gasteiger partial charge in [-0.3, -0.25) is 9.59 Å². The number of amides is 2. The van der Waals surface area contributed by atoms with Gasteiger partial charge in [0.2, 0.25) is 0 Å². The van der Waals surface area contributed by atoms with E-state index in [1.165, 1.54) is 32.6 Å². The topological polar surface area (TPSA) is 126 Å². The molecule has 0 aliphatic rings. The van der Waals surface area contributed by atoms with Crippen molar-refractivity contribution in [1.82, 2.24) is 5.43 Å². The van der Waals surface area contributed by atoms with Gasteiger partial charge >= 0.3 is 17.8 Å². The van der Waals surface area contributed by atoms with Crippen molar-refractivity contribution in [1.29, 1.82) is 0 Å². The lowest BCUT2D eigenvalue weighted by Crippen LogP contribution is -2.32. The number of aromatic carboxylic acids is 1. The third-order valence-electron chi connectivity index (χ3n) is 3.37. The Labute approximate surface area is 154 Å². The zero-order chi connectivity index (χ0) is 19.8. The number of rotatable bonds is 6.